The molecule has 0 bridgehead atoms. The molecule has 0 saturated heterocycles. The number of nitrogens with zero attached hydrogens (tertiary/aromatic N) is 2. The van der Waals surface area contributed by atoms with Crippen LogP contribution < -0.4 is 14.8 Å². The Morgan fingerprint density at radius 1 is 1.14 bits per heavy atom. The summed E-state index contributed by atoms with van der Waals surface area (Å²) in [7, 11) is 3.99. The van der Waals surface area contributed by atoms with E-state index in [-0.39, 0.29) is 11.9 Å². The van der Waals surface area contributed by atoms with Gasteiger partial charge in [0.2, 0.25) is 6.54 Å². The smallest absolute Gasteiger partial charge is 0.286 e. The van der Waals surface area contributed by atoms with Crippen LogP contribution in [0.3, 0.4) is 0 Å². The molecule has 0 radical (unpaired) electrons. The molecule has 4 nitrogen and oxygen atoms in total. The van der Waals surface area contributed by atoms with Crippen LogP contribution in [0.1, 0.15) is 18.5 Å². The maximum Gasteiger partial charge on any atom is 0.286 e. The second-order valence-electron chi connectivity index (χ2n) is 5.32. The van der Waals surface area contributed by atoms with E-state index in [9.17, 15) is 4.79 Å². The number of hydrogen-bond acceptors (Lipinski definition) is 2. The summed E-state index contributed by atoms with van der Waals surface area (Å²) >= 11 is 0. The van der Waals surface area contributed by atoms with Crippen LogP contribution in [-0.2, 0) is 11.3 Å². The van der Waals surface area contributed by atoms with Crippen LogP contribution >= 0.6 is 0 Å². The highest BCUT2D eigenvalue weighted by Gasteiger charge is 2.13. The first kappa shape index (κ1) is 15.0. The second kappa shape index (κ2) is 6.88. The van der Waals surface area contributed by atoms with Gasteiger partial charge in [-0.05, 0) is 12.5 Å². The molecule has 1 amide bonds. The zero-order chi connectivity index (χ0) is 15.2. The Balaban J connectivity index is 1.92. The van der Waals surface area contributed by atoms with Gasteiger partial charge in [-0.3, -0.25) is 4.79 Å². The Bertz CT molecular complexity index is 579. The number of aromatic nitrogens is 1. The van der Waals surface area contributed by atoms with Gasteiger partial charge in [0.25, 0.3) is 5.91 Å². The number of amides is 1. The molecule has 2 aromatic rings. The fourth-order valence-corrected chi connectivity index (χ4v) is 2.13. The van der Waals surface area contributed by atoms with E-state index < -0.39 is 0 Å². The Morgan fingerprint density at radius 2 is 1.76 bits per heavy atom. The molecule has 0 spiro atoms. The molecule has 1 aromatic heterocycles. The maximum atomic E-state index is 12.1. The van der Waals surface area contributed by atoms with Gasteiger partial charge < -0.3 is 10.2 Å². The van der Waals surface area contributed by atoms with Gasteiger partial charge >= 0.3 is 0 Å². The van der Waals surface area contributed by atoms with Gasteiger partial charge in [-0.25, -0.2) is 0 Å². The van der Waals surface area contributed by atoms with Gasteiger partial charge in [0, 0.05) is 31.9 Å². The van der Waals surface area contributed by atoms with Crippen LogP contribution in [0.4, 0.5) is 5.69 Å². The number of hydrogen-bond donors (Lipinski definition) is 1. The van der Waals surface area contributed by atoms with Gasteiger partial charge in [-0.1, -0.05) is 30.3 Å². The minimum absolute atomic E-state index is 0.00829. The van der Waals surface area contributed by atoms with Crippen molar-refractivity contribution < 1.29 is 9.36 Å². The third kappa shape index (κ3) is 4.31. The third-order valence-electron chi connectivity index (χ3n) is 3.39. The summed E-state index contributed by atoms with van der Waals surface area (Å²) in [6.07, 6.45) is 3.84. The summed E-state index contributed by atoms with van der Waals surface area (Å²) in [5.74, 6) is 0.00829. The van der Waals surface area contributed by atoms with E-state index in [0.29, 0.717) is 6.54 Å². The zero-order valence-electron chi connectivity index (χ0n) is 12.8. The Kier molecular flexibility index (Phi) is 4.93. The van der Waals surface area contributed by atoms with Gasteiger partial charge in [0.15, 0.2) is 12.4 Å². The summed E-state index contributed by atoms with van der Waals surface area (Å²) < 4.78 is 1.88. The summed E-state index contributed by atoms with van der Waals surface area (Å²) in [5, 5.41) is 3.01. The molecule has 0 unspecified atom stereocenters. The molecule has 21 heavy (non-hydrogen) atoms. The van der Waals surface area contributed by atoms with Crippen LogP contribution in [0.25, 0.3) is 0 Å². The minimum atomic E-state index is 0.00829. The monoisotopic (exact) mass is 284 g/mol. The highest BCUT2D eigenvalue weighted by molar-refractivity contribution is 5.74. The van der Waals surface area contributed by atoms with E-state index in [4.69, 9.17) is 0 Å². The predicted octanol–water partition coefficient (Wildman–Crippen LogP) is 1.92. The van der Waals surface area contributed by atoms with Crippen LogP contribution in [0.5, 0.6) is 0 Å². The Hall–Kier alpha value is -2.36. The lowest BCUT2D eigenvalue weighted by atomic mass is 10.1. The minimum Gasteiger partial charge on any atom is -0.377 e. The lowest BCUT2D eigenvalue weighted by Gasteiger charge is -2.13. The average Bonchev–Trinajstić information content (AvgIpc) is 2.48. The van der Waals surface area contributed by atoms with Crippen molar-refractivity contribution in [3.8, 4) is 0 Å². The Morgan fingerprint density at radius 3 is 2.33 bits per heavy atom. The van der Waals surface area contributed by atoms with Crippen LogP contribution in [0.2, 0.25) is 0 Å². The van der Waals surface area contributed by atoms with Crippen LogP contribution in [0.15, 0.2) is 54.9 Å². The molecule has 1 heterocycles. The molecule has 110 valence electrons. The van der Waals surface area contributed by atoms with Crippen molar-refractivity contribution in [3.63, 3.8) is 0 Å². The van der Waals surface area contributed by atoms with Crippen molar-refractivity contribution in [2.75, 3.05) is 19.0 Å². The number of benzene rings is 1. The topological polar surface area (TPSA) is 36.2 Å². The first-order chi connectivity index (χ1) is 10.1. The molecular weight excluding hydrogens is 262 g/mol. The van der Waals surface area contributed by atoms with Crippen LogP contribution in [-0.4, -0.2) is 20.0 Å². The van der Waals surface area contributed by atoms with Crippen LogP contribution in [0, 0.1) is 0 Å². The molecular formula is C17H22N3O+. The van der Waals surface area contributed by atoms with E-state index in [1.807, 2.05) is 85.3 Å². The number of nitrogens with one attached hydrogen (secondary N) is 1. The number of carbonyl (C=O) groups excluding carboxylic acids is 1. The first-order valence-electron chi connectivity index (χ1n) is 7.07. The molecule has 1 aromatic carbocycles. The second-order valence-corrected chi connectivity index (χ2v) is 5.32. The van der Waals surface area contributed by atoms with Crippen molar-refractivity contribution in [3.05, 3.63) is 60.4 Å². The lowest BCUT2D eigenvalue weighted by molar-refractivity contribution is -0.684. The standard InChI is InChI=1S/C17H21N3O/c1-14(15-7-5-4-6-8-15)18-17(21)13-20-11-9-16(10-12-20)19(2)3/h4-12,14H,13H2,1-3H3/p+1/t14-/m1/s1. The third-order valence-corrected chi connectivity index (χ3v) is 3.39. The fourth-order valence-electron chi connectivity index (χ4n) is 2.13. The quantitative estimate of drug-likeness (QED) is 0.852. The number of anilines is 1. The number of rotatable bonds is 5. The van der Waals surface area contributed by atoms with E-state index in [0.717, 1.165) is 11.3 Å². The fraction of sp³-hybridized carbons (Fsp3) is 0.294. The van der Waals surface area contributed by atoms with Crippen molar-refractivity contribution in [1.29, 1.82) is 0 Å². The predicted molar refractivity (Wildman–Crippen MR) is 84.0 cm³/mol. The van der Waals surface area contributed by atoms with E-state index >= 15 is 0 Å². The van der Waals surface area contributed by atoms with Gasteiger partial charge in [-0.2, -0.15) is 4.57 Å². The summed E-state index contributed by atoms with van der Waals surface area (Å²) in [6, 6.07) is 14.0. The molecule has 0 aliphatic carbocycles. The zero-order valence-corrected chi connectivity index (χ0v) is 12.8. The van der Waals surface area contributed by atoms with Crippen molar-refractivity contribution in [2.24, 2.45) is 0 Å². The highest BCUT2D eigenvalue weighted by atomic mass is 16.2. The normalized spacial score (nSPS) is 11.8. The molecule has 0 saturated carbocycles. The van der Waals surface area contributed by atoms with Crippen molar-refractivity contribution >= 4 is 11.6 Å². The van der Waals surface area contributed by atoms with Gasteiger partial charge in [0.1, 0.15) is 0 Å². The molecule has 2 rings (SSSR count). The molecule has 0 aliphatic heterocycles. The Labute approximate surface area is 126 Å². The van der Waals surface area contributed by atoms with Crippen molar-refractivity contribution in [2.45, 2.75) is 19.5 Å². The maximum absolute atomic E-state index is 12.1. The number of pyridine rings is 1. The highest BCUT2D eigenvalue weighted by Crippen LogP contribution is 2.10. The summed E-state index contributed by atoms with van der Waals surface area (Å²) in [6.45, 7) is 2.32. The number of carbonyl (C=O) groups is 1. The largest absolute Gasteiger partial charge is 0.377 e. The SMILES string of the molecule is C[C@@H](NC(=O)C[n+]1ccc(N(C)C)cc1)c1ccccc1. The van der Waals surface area contributed by atoms with E-state index in [1.54, 1.807) is 0 Å². The molecule has 1 atom stereocenters. The van der Waals surface area contributed by atoms with Gasteiger partial charge in [-0.15, -0.1) is 0 Å². The van der Waals surface area contributed by atoms with Gasteiger partial charge in [0.05, 0.1) is 6.04 Å². The van der Waals surface area contributed by atoms with Crippen molar-refractivity contribution in [1.82, 2.24) is 5.32 Å². The first-order valence-corrected chi connectivity index (χ1v) is 7.07. The molecule has 1 N–H and O–H groups in total. The van der Waals surface area contributed by atoms with E-state index in [2.05, 4.69) is 5.32 Å². The molecule has 0 aliphatic rings. The summed E-state index contributed by atoms with van der Waals surface area (Å²) in [5.41, 5.74) is 2.23. The lowest BCUT2D eigenvalue weighted by Crippen LogP contribution is -2.43. The average molecular weight is 284 g/mol. The van der Waals surface area contributed by atoms with E-state index in [1.165, 1.54) is 0 Å². The molecule has 0 fully saturated rings. The molecule has 4 heteroatoms. The summed E-state index contributed by atoms with van der Waals surface area (Å²) in [4.78, 5) is 14.1.